The molecule has 0 aliphatic heterocycles. The number of carbonyl (C=O) groups excluding carboxylic acids is 1. The predicted octanol–water partition coefficient (Wildman–Crippen LogP) is 3.87. The summed E-state index contributed by atoms with van der Waals surface area (Å²) in [5.41, 5.74) is 1.98. The van der Waals surface area contributed by atoms with Gasteiger partial charge in [0.1, 0.15) is 0 Å². The number of hydrogen-bond donors (Lipinski definition) is 2. The lowest BCUT2D eigenvalue weighted by molar-refractivity contribution is -0.111. The topological polar surface area (TPSA) is 106 Å². The number of anilines is 1. The Bertz CT molecular complexity index is 1080. The maximum absolute atomic E-state index is 12.3. The van der Waals surface area contributed by atoms with Gasteiger partial charge in [0.15, 0.2) is 17.3 Å². The van der Waals surface area contributed by atoms with E-state index in [1.54, 1.807) is 37.5 Å². The Kier molecular flexibility index (Phi) is 7.05. The van der Waals surface area contributed by atoms with Gasteiger partial charge in [0.25, 0.3) is 0 Å². The Morgan fingerprint density at radius 1 is 1.23 bits per heavy atom. The summed E-state index contributed by atoms with van der Waals surface area (Å²) in [7, 11) is 1.58. The minimum absolute atomic E-state index is 0.292. The Morgan fingerprint density at radius 3 is 2.83 bits per heavy atom. The van der Waals surface area contributed by atoms with Gasteiger partial charge in [0, 0.05) is 17.3 Å². The number of hydrogen-bond acceptors (Lipinski definition) is 6. The predicted molar refractivity (Wildman–Crippen MR) is 114 cm³/mol. The molecule has 0 unspecified atom stereocenters. The van der Waals surface area contributed by atoms with Crippen LogP contribution in [-0.2, 0) is 4.79 Å². The summed E-state index contributed by atoms with van der Waals surface area (Å²) in [5.74, 6) is 0.640. The number of ether oxygens (including phenoxy) is 2. The molecule has 30 heavy (non-hydrogen) atoms. The van der Waals surface area contributed by atoms with E-state index in [4.69, 9.17) is 9.47 Å². The summed E-state index contributed by atoms with van der Waals surface area (Å²) in [6, 6.07) is 12.4. The highest BCUT2D eigenvalue weighted by Crippen LogP contribution is 2.28. The van der Waals surface area contributed by atoms with Gasteiger partial charge in [-0.25, -0.2) is 4.79 Å². The number of rotatable bonds is 9. The first-order valence-corrected chi connectivity index (χ1v) is 9.55. The van der Waals surface area contributed by atoms with Gasteiger partial charge in [-0.15, -0.1) is 0 Å². The minimum Gasteiger partial charge on any atom is -0.493 e. The van der Waals surface area contributed by atoms with Gasteiger partial charge in [0.05, 0.1) is 13.7 Å². The van der Waals surface area contributed by atoms with E-state index in [9.17, 15) is 9.59 Å². The second kappa shape index (κ2) is 10.1. The van der Waals surface area contributed by atoms with Crippen molar-refractivity contribution in [3.63, 3.8) is 0 Å². The molecular formula is C22H23N3O5. The molecular weight excluding hydrogens is 386 g/mol. The standard InChI is InChI=1S/C22H23N3O5/c1-3-4-12-29-18-10-8-15(13-19(18)28-2)9-11-20(26)23-17-7-5-6-16(14-17)21-24-22(27)30-25-21/h5-11,13-14H,3-4,12H2,1-2H3,(H,23,26)(H,24,25,27)/b11-9+. The van der Waals surface area contributed by atoms with Gasteiger partial charge in [-0.1, -0.05) is 36.7 Å². The number of H-pyrrole nitrogens is 1. The molecule has 2 aromatic carbocycles. The summed E-state index contributed by atoms with van der Waals surface area (Å²) in [6.45, 7) is 2.73. The van der Waals surface area contributed by atoms with E-state index >= 15 is 0 Å². The van der Waals surface area contributed by atoms with Gasteiger partial charge >= 0.3 is 5.76 Å². The molecule has 0 saturated heterocycles. The number of methoxy groups -OCH3 is 1. The fourth-order valence-corrected chi connectivity index (χ4v) is 2.69. The molecule has 3 aromatic rings. The van der Waals surface area contributed by atoms with Gasteiger partial charge in [-0.2, -0.15) is 0 Å². The van der Waals surface area contributed by atoms with Crippen LogP contribution in [0.5, 0.6) is 11.5 Å². The third kappa shape index (κ3) is 5.60. The van der Waals surface area contributed by atoms with E-state index < -0.39 is 5.76 Å². The van der Waals surface area contributed by atoms with Crippen molar-refractivity contribution in [2.75, 3.05) is 19.0 Å². The molecule has 1 aromatic heterocycles. The number of aromatic nitrogens is 2. The third-order valence-electron chi connectivity index (χ3n) is 4.21. The zero-order chi connectivity index (χ0) is 21.3. The summed E-state index contributed by atoms with van der Waals surface area (Å²) in [6.07, 6.45) is 5.14. The summed E-state index contributed by atoms with van der Waals surface area (Å²) >= 11 is 0. The van der Waals surface area contributed by atoms with Crippen molar-refractivity contribution in [3.8, 4) is 22.9 Å². The number of nitrogens with one attached hydrogen (secondary N) is 2. The van der Waals surface area contributed by atoms with Crippen molar-refractivity contribution in [3.05, 3.63) is 64.7 Å². The molecule has 0 bridgehead atoms. The average molecular weight is 409 g/mol. The smallest absolute Gasteiger partial charge is 0.439 e. The lowest BCUT2D eigenvalue weighted by Crippen LogP contribution is -2.07. The number of aromatic amines is 1. The number of benzene rings is 2. The van der Waals surface area contributed by atoms with Gasteiger partial charge in [-0.05, 0) is 42.3 Å². The molecule has 0 aliphatic carbocycles. The van der Waals surface area contributed by atoms with Crippen molar-refractivity contribution in [1.82, 2.24) is 10.1 Å². The Hall–Kier alpha value is -3.81. The fraction of sp³-hybridized carbons (Fsp3) is 0.227. The van der Waals surface area contributed by atoms with Crippen LogP contribution in [0.15, 0.2) is 57.9 Å². The summed E-state index contributed by atoms with van der Waals surface area (Å²) < 4.78 is 15.6. The van der Waals surface area contributed by atoms with Gasteiger partial charge in [-0.3, -0.25) is 14.3 Å². The Labute approximate surface area is 173 Å². The van der Waals surface area contributed by atoms with Crippen molar-refractivity contribution in [1.29, 1.82) is 0 Å². The van der Waals surface area contributed by atoms with Crippen LogP contribution in [0.2, 0.25) is 0 Å². The largest absolute Gasteiger partial charge is 0.493 e. The van der Waals surface area contributed by atoms with E-state index in [1.807, 2.05) is 18.2 Å². The molecule has 8 heteroatoms. The zero-order valence-electron chi connectivity index (χ0n) is 16.8. The van der Waals surface area contributed by atoms with Gasteiger partial charge in [0.2, 0.25) is 5.91 Å². The molecule has 3 rings (SSSR count). The highest BCUT2D eigenvalue weighted by Gasteiger charge is 2.07. The molecule has 2 N–H and O–H groups in total. The van der Waals surface area contributed by atoms with E-state index in [2.05, 4.69) is 26.9 Å². The molecule has 8 nitrogen and oxygen atoms in total. The first-order chi connectivity index (χ1) is 14.6. The molecule has 0 aliphatic rings. The first kappa shape index (κ1) is 20.9. The molecule has 0 atom stereocenters. The molecule has 0 fully saturated rings. The van der Waals surface area contributed by atoms with Crippen molar-refractivity contribution in [2.24, 2.45) is 0 Å². The average Bonchev–Trinajstić information content (AvgIpc) is 3.19. The van der Waals surface area contributed by atoms with E-state index in [0.717, 1.165) is 18.4 Å². The highest BCUT2D eigenvalue weighted by molar-refractivity contribution is 6.02. The third-order valence-corrected chi connectivity index (χ3v) is 4.21. The highest BCUT2D eigenvalue weighted by atomic mass is 16.5. The lowest BCUT2D eigenvalue weighted by atomic mass is 10.1. The van der Waals surface area contributed by atoms with Crippen LogP contribution in [0, 0.1) is 0 Å². The van der Waals surface area contributed by atoms with Crippen molar-refractivity contribution < 1.29 is 18.8 Å². The lowest BCUT2D eigenvalue weighted by Gasteiger charge is -2.11. The van der Waals surface area contributed by atoms with Crippen molar-refractivity contribution in [2.45, 2.75) is 19.8 Å². The van der Waals surface area contributed by atoms with Crippen LogP contribution in [0.25, 0.3) is 17.5 Å². The first-order valence-electron chi connectivity index (χ1n) is 9.55. The van der Waals surface area contributed by atoms with E-state index in [0.29, 0.717) is 35.2 Å². The minimum atomic E-state index is -0.639. The molecule has 156 valence electrons. The maximum Gasteiger partial charge on any atom is 0.439 e. The normalized spacial score (nSPS) is 10.9. The van der Waals surface area contributed by atoms with E-state index in [-0.39, 0.29) is 5.91 Å². The molecule has 1 heterocycles. The second-order valence-electron chi connectivity index (χ2n) is 6.46. The number of unbranched alkanes of at least 4 members (excludes halogenated alkanes) is 1. The van der Waals surface area contributed by atoms with Crippen molar-refractivity contribution >= 4 is 17.7 Å². The number of nitrogens with zero attached hydrogens (tertiary/aromatic N) is 1. The molecule has 0 spiro atoms. The molecule has 0 radical (unpaired) electrons. The van der Waals surface area contributed by atoms with Crippen LogP contribution < -0.4 is 20.5 Å². The summed E-state index contributed by atoms with van der Waals surface area (Å²) in [4.78, 5) is 25.9. The van der Waals surface area contributed by atoms with E-state index in [1.165, 1.54) is 6.08 Å². The second-order valence-corrected chi connectivity index (χ2v) is 6.46. The van der Waals surface area contributed by atoms with Crippen LogP contribution in [0.4, 0.5) is 5.69 Å². The number of carbonyl (C=O) groups is 1. The Morgan fingerprint density at radius 2 is 2.10 bits per heavy atom. The maximum atomic E-state index is 12.3. The monoisotopic (exact) mass is 409 g/mol. The quantitative estimate of drug-likeness (QED) is 0.410. The summed E-state index contributed by atoms with van der Waals surface area (Å²) in [5, 5.41) is 6.41. The van der Waals surface area contributed by atoms with Crippen LogP contribution in [0.1, 0.15) is 25.3 Å². The fourth-order valence-electron chi connectivity index (χ4n) is 2.69. The van der Waals surface area contributed by atoms with Gasteiger partial charge < -0.3 is 14.8 Å². The van der Waals surface area contributed by atoms with Crippen LogP contribution in [-0.4, -0.2) is 29.8 Å². The SMILES string of the molecule is CCCCOc1ccc(/C=C/C(=O)Nc2cccc(-c3noc(=O)[nH]3)c2)cc1OC. The Balaban J connectivity index is 1.65. The van der Waals surface area contributed by atoms with Crippen LogP contribution >= 0.6 is 0 Å². The van der Waals surface area contributed by atoms with Crippen LogP contribution in [0.3, 0.4) is 0 Å². The zero-order valence-corrected chi connectivity index (χ0v) is 16.8. The molecule has 1 amide bonds. The number of amides is 1. The molecule has 0 saturated carbocycles.